The molecule has 1 aromatic rings. The van der Waals surface area contributed by atoms with Crippen molar-refractivity contribution in [3.8, 4) is 6.07 Å². The van der Waals surface area contributed by atoms with Crippen molar-refractivity contribution in [2.75, 3.05) is 11.9 Å². The van der Waals surface area contributed by atoms with Gasteiger partial charge in [-0.1, -0.05) is 29.8 Å². The predicted octanol–water partition coefficient (Wildman–Crippen LogP) is 5.72. The Hall–Kier alpha value is -0.0500. The highest BCUT2D eigenvalue weighted by atomic mass is 79.9. The third-order valence-electron chi connectivity index (χ3n) is 2.66. The minimum Gasteiger partial charge on any atom is -0.383 e. The maximum Gasteiger partial charge on any atom is 0.0629 e. The van der Waals surface area contributed by atoms with Gasteiger partial charge in [0.15, 0.2) is 0 Å². The first kappa shape index (κ1) is 16.0. The van der Waals surface area contributed by atoms with E-state index in [9.17, 15) is 0 Å². The van der Waals surface area contributed by atoms with Crippen molar-refractivity contribution >= 4 is 53.5 Å². The fraction of sp³-hybridized carbons (Fsp3) is 0.462. The zero-order chi connectivity index (χ0) is 13.8. The smallest absolute Gasteiger partial charge is 0.0629 e. The molecule has 0 spiro atoms. The second-order valence-electron chi connectivity index (χ2n) is 4.92. The quantitative estimate of drug-likeness (QED) is 0.638. The maximum atomic E-state index is 8.64. The largest absolute Gasteiger partial charge is 0.383 e. The summed E-state index contributed by atoms with van der Waals surface area (Å²) in [6, 6.07) is 6.22. The van der Waals surface area contributed by atoms with E-state index >= 15 is 0 Å². The number of halogens is 3. The van der Waals surface area contributed by atoms with Crippen LogP contribution in [0, 0.1) is 16.7 Å². The minimum absolute atomic E-state index is 0.0989. The number of nitrogens with one attached hydrogen (secondary N) is 1. The van der Waals surface area contributed by atoms with Crippen molar-refractivity contribution in [1.82, 2.24) is 0 Å². The fourth-order valence-corrected chi connectivity index (χ4v) is 4.06. The van der Waals surface area contributed by atoms with E-state index in [4.69, 9.17) is 5.26 Å². The lowest BCUT2D eigenvalue weighted by molar-refractivity contribution is 0.363. The van der Waals surface area contributed by atoms with Gasteiger partial charge in [0.25, 0.3) is 0 Å². The van der Waals surface area contributed by atoms with Crippen molar-refractivity contribution in [3.05, 3.63) is 25.6 Å². The number of nitrogens with zero attached hydrogens (tertiary/aromatic N) is 1. The number of rotatable bonds is 5. The Labute approximate surface area is 134 Å². The number of anilines is 1. The molecule has 1 aromatic carbocycles. The van der Waals surface area contributed by atoms with Crippen molar-refractivity contribution in [2.24, 2.45) is 5.41 Å². The fourth-order valence-electron chi connectivity index (χ4n) is 1.52. The summed E-state index contributed by atoms with van der Waals surface area (Å²) in [7, 11) is 0. The van der Waals surface area contributed by atoms with E-state index in [2.05, 4.69) is 73.0 Å². The van der Waals surface area contributed by atoms with Gasteiger partial charge < -0.3 is 5.32 Å². The van der Waals surface area contributed by atoms with Crippen LogP contribution in [-0.4, -0.2) is 6.54 Å². The van der Waals surface area contributed by atoms with Gasteiger partial charge in [0.1, 0.15) is 0 Å². The summed E-state index contributed by atoms with van der Waals surface area (Å²) < 4.78 is 3.05. The molecule has 2 nitrogen and oxygen atoms in total. The van der Waals surface area contributed by atoms with Gasteiger partial charge in [0, 0.05) is 26.4 Å². The highest BCUT2D eigenvalue weighted by Crippen LogP contribution is 2.35. The standard InChI is InChI=1S/C13H15Br3N2/c1-13(2,4-3-5-17)8-18-12-10(15)6-9(14)7-11(12)16/h6-7,18H,3-4,8H2,1-2H3. The van der Waals surface area contributed by atoms with Crippen molar-refractivity contribution in [1.29, 1.82) is 5.26 Å². The number of benzene rings is 1. The molecule has 18 heavy (non-hydrogen) atoms. The van der Waals surface area contributed by atoms with Crippen LogP contribution < -0.4 is 5.32 Å². The summed E-state index contributed by atoms with van der Waals surface area (Å²) in [5.41, 5.74) is 1.14. The van der Waals surface area contributed by atoms with Gasteiger partial charge in [0.2, 0.25) is 0 Å². The molecule has 0 aliphatic carbocycles. The van der Waals surface area contributed by atoms with E-state index in [1.165, 1.54) is 0 Å². The van der Waals surface area contributed by atoms with Gasteiger partial charge in [-0.2, -0.15) is 5.26 Å². The van der Waals surface area contributed by atoms with Crippen molar-refractivity contribution in [2.45, 2.75) is 26.7 Å². The van der Waals surface area contributed by atoms with E-state index in [-0.39, 0.29) is 5.41 Å². The molecule has 98 valence electrons. The lowest BCUT2D eigenvalue weighted by Crippen LogP contribution is -2.23. The first-order chi connectivity index (χ1) is 8.35. The Morgan fingerprint density at radius 3 is 2.28 bits per heavy atom. The second kappa shape index (κ2) is 6.93. The molecule has 0 bridgehead atoms. The van der Waals surface area contributed by atoms with Crippen LogP contribution in [0.25, 0.3) is 0 Å². The van der Waals surface area contributed by atoms with Crippen LogP contribution in [0.2, 0.25) is 0 Å². The van der Waals surface area contributed by atoms with E-state index in [1.54, 1.807) is 0 Å². The minimum atomic E-state index is 0.0989. The zero-order valence-corrected chi connectivity index (χ0v) is 15.1. The number of hydrogen-bond donors (Lipinski definition) is 1. The van der Waals surface area contributed by atoms with Crippen molar-refractivity contribution in [3.63, 3.8) is 0 Å². The Morgan fingerprint density at radius 2 is 1.78 bits per heavy atom. The molecule has 0 unspecified atom stereocenters. The molecule has 1 rings (SSSR count). The molecule has 1 N–H and O–H groups in total. The summed E-state index contributed by atoms with van der Waals surface area (Å²) in [6.07, 6.45) is 1.49. The SMILES string of the molecule is CC(C)(CCC#N)CNc1c(Br)cc(Br)cc1Br. The molecule has 0 amide bonds. The van der Waals surface area contributed by atoms with Crippen LogP contribution in [0.15, 0.2) is 25.6 Å². The van der Waals surface area contributed by atoms with Crippen LogP contribution in [-0.2, 0) is 0 Å². The van der Waals surface area contributed by atoms with Gasteiger partial charge in [-0.15, -0.1) is 0 Å². The zero-order valence-electron chi connectivity index (χ0n) is 10.4. The lowest BCUT2D eigenvalue weighted by Gasteiger charge is -2.25. The normalized spacial score (nSPS) is 11.1. The molecule has 0 saturated heterocycles. The van der Waals surface area contributed by atoms with Gasteiger partial charge in [-0.3, -0.25) is 0 Å². The summed E-state index contributed by atoms with van der Waals surface area (Å²) in [5.74, 6) is 0. The topological polar surface area (TPSA) is 35.8 Å². The van der Waals surface area contributed by atoms with Crippen LogP contribution in [0.1, 0.15) is 26.7 Å². The van der Waals surface area contributed by atoms with Gasteiger partial charge in [-0.05, 0) is 55.8 Å². The Morgan fingerprint density at radius 1 is 1.22 bits per heavy atom. The molecular formula is C13H15Br3N2. The van der Waals surface area contributed by atoms with E-state index in [0.29, 0.717) is 6.42 Å². The van der Waals surface area contributed by atoms with Crippen LogP contribution in [0.5, 0.6) is 0 Å². The van der Waals surface area contributed by atoms with Crippen molar-refractivity contribution < 1.29 is 0 Å². The monoisotopic (exact) mass is 436 g/mol. The third kappa shape index (κ3) is 4.91. The molecule has 0 aliphatic rings. The second-order valence-corrected chi connectivity index (χ2v) is 7.54. The average Bonchev–Trinajstić information content (AvgIpc) is 2.24. The molecule has 0 aromatic heterocycles. The first-order valence-electron chi connectivity index (χ1n) is 5.61. The molecule has 0 fully saturated rings. The van der Waals surface area contributed by atoms with Crippen LogP contribution in [0.3, 0.4) is 0 Å². The van der Waals surface area contributed by atoms with E-state index in [1.807, 2.05) is 12.1 Å². The van der Waals surface area contributed by atoms with E-state index in [0.717, 1.165) is 32.1 Å². The average molecular weight is 439 g/mol. The van der Waals surface area contributed by atoms with Gasteiger partial charge >= 0.3 is 0 Å². The Balaban J connectivity index is 2.72. The highest BCUT2D eigenvalue weighted by molar-refractivity contribution is 9.11. The maximum absolute atomic E-state index is 8.64. The Bertz CT molecular complexity index is 441. The number of nitriles is 1. The third-order valence-corrected chi connectivity index (χ3v) is 4.37. The first-order valence-corrected chi connectivity index (χ1v) is 7.99. The molecular weight excluding hydrogens is 424 g/mol. The van der Waals surface area contributed by atoms with Crippen LogP contribution >= 0.6 is 47.8 Å². The Kier molecular flexibility index (Phi) is 6.16. The van der Waals surface area contributed by atoms with Gasteiger partial charge in [0.05, 0.1) is 11.8 Å². The van der Waals surface area contributed by atoms with Crippen LogP contribution in [0.4, 0.5) is 5.69 Å². The summed E-state index contributed by atoms with van der Waals surface area (Å²) >= 11 is 10.5. The molecule has 0 heterocycles. The van der Waals surface area contributed by atoms with E-state index < -0.39 is 0 Å². The lowest BCUT2D eigenvalue weighted by atomic mass is 9.88. The molecule has 0 aliphatic heterocycles. The molecule has 0 atom stereocenters. The highest BCUT2D eigenvalue weighted by Gasteiger charge is 2.18. The summed E-state index contributed by atoms with van der Waals surface area (Å²) in [4.78, 5) is 0. The summed E-state index contributed by atoms with van der Waals surface area (Å²) in [5, 5.41) is 12.1. The molecule has 5 heteroatoms. The molecule has 0 radical (unpaired) electrons. The molecule has 0 saturated carbocycles. The predicted molar refractivity (Wildman–Crippen MR) is 86.7 cm³/mol. The van der Waals surface area contributed by atoms with Gasteiger partial charge in [-0.25, -0.2) is 0 Å². The summed E-state index contributed by atoms with van der Waals surface area (Å²) in [6.45, 7) is 5.16. The number of hydrogen-bond acceptors (Lipinski definition) is 2.